The largest absolute Gasteiger partial charge is 0.416 e. The van der Waals surface area contributed by atoms with Gasteiger partial charge in [0.25, 0.3) is 5.91 Å². The number of carbonyl (C=O) groups excluding carboxylic acids is 1. The van der Waals surface area contributed by atoms with Gasteiger partial charge in [-0.05, 0) is 42.8 Å². The molecule has 0 aliphatic carbocycles. The molecule has 9 nitrogen and oxygen atoms in total. The van der Waals surface area contributed by atoms with Gasteiger partial charge in [0.15, 0.2) is 5.82 Å². The van der Waals surface area contributed by atoms with Gasteiger partial charge in [-0.3, -0.25) is 4.79 Å². The summed E-state index contributed by atoms with van der Waals surface area (Å²) in [6.07, 6.45) is -3.11. The normalized spacial score (nSPS) is 11.2. The first-order valence-electron chi connectivity index (χ1n) is 11.2. The fourth-order valence-electron chi connectivity index (χ4n) is 3.71. The van der Waals surface area contributed by atoms with E-state index in [0.717, 1.165) is 23.4 Å². The summed E-state index contributed by atoms with van der Waals surface area (Å²) in [6, 6.07) is 13.2. The van der Waals surface area contributed by atoms with Crippen molar-refractivity contribution in [3.8, 4) is 5.82 Å². The lowest BCUT2D eigenvalue weighted by Crippen LogP contribution is -2.17. The molecule has 0 radical (unpaired) electrons. The number of amides is 1. The Balaban J connectivity index is 1.66. The number of alkyl halides is 3. The lowest BCUT2D eigenvalue weighted by atomic mass is 10.1. The Morgan fingerprint density at radius 1 is 0.973 bits per heavy atom. The molecule has 0 spiro atoms. The van der Waals surface area contributed by atoms with Crippen LogP contribution in [0.2, 0.25) is 0 Å². The number of hydrogen-bond acceptors (Lipinski definition) is 7. The average molecular weight is 511 g/mol. The molecule has 0 atom stereocenters. The topological polar surface area (TPSA) is 100 Å². The Morgan fingerprint density at radius 2 is 1.73 bits per heavy atom. The SMILES string of the molecule is CNc1cc(-n2nc(NC)cc2N(C)c2cc(NC(=O)c3cccc(C(F)(F)F)c3)ccc2C)ncn1. The zero-order chi connectivity index (χ0) is 26.7. The van der Waals surface area contributed by atoms with Crippen LogP contribution in [0.15, 0.2) is 60.9 Å². The molecule has 0 unspecified atom stereocenters. The number of benzene rings is 2. The van der Waals surface area contributed by atoms with Crippen LogP contribution in [0.5, 0.6) is 0 Å². The van der Waals surface area contributed by atoms with E-state index in [0.29, 0.717) is 29.0 Å². The Kier molecular flexibility index (Phi) is 7.00. The van der Waals surface area contributed by atoms with Crippen LogP contribution in [-0.2, 0) is 6.18 Å². The first kappa shape index (κ1) is 25.5. The summed E-state index contributed by atoms with van der Waals surface area (Å²) in [5.74, 6) is 1.80. The van der Waals surface area contributed by atoms with Gasteiger partial charge >= 0.3 is 6.18 Å². The molecule has 2 heterocycles. The number of anilines is 5. The summed E-state index contributed by atoms with van der Waals surface area (Å²) < 4.78 is 40.9. The Bertz CT molecular complexity index is 1430. The molecule has 0 bridgehead atoms. The second-order valence-corrected chi connectivity index (χ2v) is 8.15. The summed E-state index contributed by atoms with van der Waals surface area (Å²) in [7, 11) is 5.35. The molecule has 2 aromatic heterocycles. The maximum Gasteiger partial charge on any atom is 0.416 e. The molecule has 4 rings (SSSR count). The molecule has 0 aliphatic rings. The molecular formula is C25H25F3N8O. The molecule has 2 aromatic carbocycles. The second kappa shape index (κ2) is 10.2. The molecule has 37 heavy (non-hydrogen) atoms. The van der Waals surface area contributed by atoms with Gasteiger partial charge in [0.05, 0.1) is 5.56 Å². The van der Waals surface area contributed by atoms with Crippen LogP contribution < -0.4 is 20.9 Å². The summed E-state index contributed by atoms with van der Waals surface area (Å²) in [6.45, 7) is 1.91. The van der Waals surface area contributed by atoms with E-state index in [-0.39, 0.29) is 5.56 Å². The minimum absolute atomic E-state index is 0.0915. The number of nitrogens with one attached hydrogen (secondary N) is 3. The Morgan fingerprint density at radius 3 is 2.43 bits per heavy atom. The summed E-state index contributed by atoms with van der Waals surface area (Å²) >= 11 is 0. The standard InChI is InChI=1S/C25H25F3N8O/c1-15-8-9-18(33-24(37)16-6-5-7-17(10-16)25(26,27)28)11-19(15)35(4)23-13-21(30-3)34-36(23)22-12-20(29-2)31-14-32-22/h5-14H,1-4H3,(H,30,34)(H,33,37)(H,29,31,32). The van der Waals surface area contributed by atoms with Crippen molar-refractivity contribution >= 4 is 34.7 Å². The second-order valence-electron chi connectivity index (χ2n) is 8.15. The highest BCUT2D eigenvalue weighted by molar-refractivity contribution is 6.04. The maximum absolute atomic E-state index is 13.1. The molecule has 0 saturated heterocycles. The van der Waals surface area contributed by atoms with E-state index in [4.69, 9.17) is 0 Å². The smallest absolute Gasteiger partial charge is 0.373 e. The van der Waals surface area contributed by atoms with Gasteiger partial charge in [-0.2, -0.15) is 17.9 Å². The first-order chi connectivity index (χ1) is 17.6. The zero-order valence-electron chi connectivity index (χ0n) is 20.6. The van der Waals surface area contributed by atoms with Gasteiger partial charge in [-0.25, -0.2) is 9.97 Å². The van der Waals surface area contributed by atoms with Crippen LogP contribution in [-0.4, -0.2) is 46.8 Å². The number of nitrogens with zero attached hydrogens (tertiary/aromatic N) is 5. The zero-order valence-corrected chi connectivity index (χ0v) is 20.6. The van der Waals surface area contributed by atoms with Crippen LogP contribution in [0.3, 0.4) is 0 Å². The number of halogens is 3. The fraction of sp³-hybridized carbons (Fsp3) is 0.200. The van der Waals surface area contributed by atoms with Gasteiger partial charge in [0.1, 0.15) is 23.8 Å². The molecule has 3 N–H and O–H groups in total. The van der Waals surface area contributed by atoms with Gasteiger partial charge in [0.2, 0.25) is 0 Å². The van der Waals surface area contributed by atoms with E-state index in [1.807, 2.05) is 31.0 Å². The van der Waals surface area contributed by atoms with Crippen molar-refractivity contribution in [2.45, 2.75) is 13.1 Å². The summed E-state index contributed by atoms with van der Waals surface area (Å²) in [4.78, 5) is 23.1. The van der Waals surface area contributed by atoms with E-state index in [2.05, 4.69) is 31.0 Å². The van der Waals surface area contributed by atoms with E-state index in [1.165, 1.54) is 18.5 Å². The molecule has 1 amide bonds. The number of carbonyl (C=O) groups is 1. The maximum atomic E-state index is 13.1. The highest BCUT2D eigenvalue weighted by atomic mass is 19.4. The van der Waals surface area contributed by atoms with E-state index in [9.17, 15) is 18.0 Å². The van der Waals surface area contributed by atoms with Crippen molar-refractivity contribution in [3.63, 3.8) is 0 Å². The van der Waals surface area contributed by atoms with Gasteiger partial charge in [-0.1, -0.05) is 12.1 Å². The van der Waals surface area contributed by atoms with Gasteiger partial charge < -0.3 is 20.9 Å². The van der Waals surface area contributed by atoms with Gasteiger partial charge in [0, 0.05) is 50.2 Å². The van der Waals surface area contributed by atoms with Crippen molar-refractivity contribution in [3.05, 3.63) is 77.6 Å². The first-order valence-corrected chi connectivity index (χ1v) is 11.2. The molecule has 4 aromatic rings. The highest BCUT2D eigenvalue weighted by Crippen LogP contribution is 2.33. The van der Waals surface area contributed by atoms with Crippen LogP contribution in [0.4, 0.5) is 42.0 Å². The Hall–Kier alpha value is -4.61. The predicted octanol–water partition coefficient (Wildman–Crippen LogP) is 5.09. The molecule has 0 aliphatic heterocycles. The van der Waals surface area contributed by atoms with Crippen LogP contribution in [0.25, 0.3) is 5.82 Å². The fourth-order valence-corrected chi connectivity index (χ4v) is 3.71. The number of rotatable bonds is 7. The van der Waals surface area contributed by atoms with Gasteiger partial charge in [-0.15, -0.1) is 5.10 Å². The van der Waals surface area contributed by atoms with E-state index in [1.54, 1.807) is 37.0 Å². The molecule has 12 heteroatoms. The summed E-state index contributed by atoms with van der Waals surface area (Å²) in [5, 5.41) is 13.3. The average Bonchev–Trinajstić information content (AvgIpc) is 3.34. The molecule has 0 fully saturated rings. The van der Waals surface area contributed by atoms with Crippen molar-refractivity contribution in [1.82, 2.24) is 19.7 Å². The monoisotopic (exact) mass is 510 g/mol. The van der Waals surface area contributed by atoms with Crippen LogP contribution in [0, 0.1) is 6.92 Å². The minimum atomic E-state index is -4.54. The third kappa shape index (κ3) is 5.47. The third-order valence-electron chi connectivity index (χ3n) is 5.70. The molecular weight excluding hydrogens is 485 g/mol. The number of hydrogen-bond donors (Lipinski definition) is 3. The van der Waals surface area contributed by atoms with Crippen molar-refractivity contribution < 1.29 is 18.0 Å². The quantitative estimate of drug-likeness (QED) is 0.318. The van der Waals surface area contributed by atoms with Crippen LogP contribution >= 0.6 is 0 Å². The van der Waals surface area contributed by atoms with Crippen molar-refractivity contribution in [1.29, 1.82) is 0 Å². The van der Waals surface area contributed by atoms with Crippen molar-refractivity contribution in [2.24, 2.45) is 0 Å². The number of aryl methyl sites for hydroxylation is 1. The lowest BCUT2D eigenvalue weighted by molar-refractivity contribution is -0.137. The third-order valence-corrected chi connectivity index (χ3v) is 5.70. The van der Waals surface area contributed by atoms with Crippen molar-refractivity contribution in [2.75, 3.05) is 42.0 Å². The molecule has 0 saturated carbocycles. The highest BCUT2D eigenvalue weighted by Gasteiger charge is 2.31. The van der Waals surface area contributed by atoms with E-state index >= 15 is 0 Å². The Labute approximate surface area is 211 Å². The minimum Gasteiger partial charge on any atom is -0.373 e. The van der Waals surface area contributed by atoms with Crippen LogP contribution in [0.1, 0.15) is 21.5 Å². The molecule has 192 valence electrons. The predicted molar refractivity (Wildman–Crippen MR) is 137 cm³/mol. The summed E-state index contributed by atoms with van der Waals surface area (Å²) in [5.41, 5.74) is 1.09. The lowest BCUT2D eigenvalue weighted by Gasteiger charge is -2.23. The van der Waals surface area contributed by atoms with E-state index < -0.39 is 17.6 Å². The number of aromatic nitrogens is 4.